The van der Waals surface area contributed by atoms with E-state index in [9.17, 15) is 19.2 Å². The smallest absolute Gasteiger partial charge is 0.311 e. The normalized spacial score (nSPS) is 17.6. The maximum Gasteiger partial charge on any atom is 0.311 e. The Morgan fingerprint density at radius 1 is 0.415 bits per heavy atom. The van der Waals surface area contributed by atoms with Crippen molar-refractivity contribution < 1.29 is 47.6 Å². The van der Waals surface area contributed by atoms with Gasteiger partial charge in [0.2, 0.25) is 0 Å². The molecule has 6 unspecified atom stereocenters. The molecule has 0 saturated carbocycles. The molecule has 12 nitrogen and oxygen atoms in total. The van der Waals surface area contributed by atoms with E-state index in [0.717, 1.165) is 181 Å². The Balaban J connectivity index is 0.980. The molecule has 2 aliphatic heterocycles. The van der Waals surface area contributed by atoms with Gasteiger partial charge in [-0.25, -0.2) is 0 Å². The minimum absolute atomic E-state index is 0.149. The number of nitrogens with zero attached hydrogens (tertiary/aromatic N) is 2. The van der Waals surface area contributed by atoms with Gasteiger partial charge in [-0.15, -0.1) is 0 Å². The third-order valence-corrected chi connectivity index (χ3v) is 23.1. The summed E-state index contributed by atoms with van der Waals surface area (Å²) in [5.74, 6) is 8.71. The predicted molar refractivity (Wildman–Crippen MR) is 395 cm³/mol. The van der Waals surface area contributed by atoms with Gasteiger partial charge in [0, 0.05) is 74.5 Å². The van der Waals surface area contributed by atoms with Crippen molar-refractivity contribution in [2.24, 2.45) is 35.5 Å². The topological polar surface area (TPSA) is 130 Å². The summed E-state index contributed by atoms with van der Waals surface area (Å²) >= 11 is 0. The van der Waals surface area contributed by atoms with Crippen LogP contribution in [-0.2, 0) is 41.5 Å². The van der Waals surface area contributed by atoms with Crippen LogP contribution in [0.25, 0.3) is 0 Å². The molecule has 4 rings (SSSR count). The fraction of sp³-hybridized carbons (Fsp3) is 0.800. The maximum absolute atomic E-state index is 13.1. The van der Waals surface area contributed by atoms with Crippen LogP contribution in [0, 0.1) is 77.0 Å². The van der Waals surface area contributed by atoms with Crippen LogP contribution in [0.3, 0.4) is 0 Å². The molecule has 2 aromatic carbocycles. The maximum atomic E-state index is 13.1. The molecule has 2 aromatic rings. The Kier molecular flexibility index (Phi) is 38.7. The zero-order chi connectivity index (χ0) is 69.4. The van der Waals surface area contributed by atoms with Crippen molar-refractivity contribution in [1.29, 1.82) is 0 Å². The van der Waals surface area contributed by atoms with Gasteiger partial charge in [0.25, 0.3) is 0 Å². The molecular formula is C80H136N2O10S2. The number of ether oxygens (including phenoxy) is 6. The molecule has 2 aliphatic rings. The number of fused-ring (bicyclic) bond motifs is 2. The minimum Gasteiger partial charge on any atom is -0.487 e. The third kappa shape index (κ3) is 31.2. The highest BCUT2D eigenvalue weighted by atomic mass is 33.1. The SMILES string of the molecule is Cc1c(C)c2c(c(C)c1OC(=O)CCCC(=O)OCCCN(C)CCSSCCN(C)CCCOC(=O)CCCC(=O)Oc1c(C)c(C)c3c(c1C)CCC(C)(CCCC(C)CCCC(C)CCCC(C)C)O3)CCC(C)(CCCC(C)CCCC(C)CCCC(C)C)O2. The monoisotopic (exact) mass is 1350 g/mol. The summed E-state index contributed by atoms with van der Waals surface area (Å²) in [4.78, 5) is 55.9. The van der Waals surface area contributed by atoms with Gasteiger partial charge in [-0.1, -0.05) is 167 Å². The van der Waals surface area contributed by atoms with E-state index in [0.29, 0.717) is 37.6 Å². The lowest BCUT2D eigenvalue weighted by atomic mass is 9.83. The molecule has 0 saturated heterocycles. The van der Waals surface area contributed by atoms with Crippen LogP contribution in [-0.4, -0.2) is 110 Å². The predicted octanol–water partition coefficient (Wildman–Crippen LogP) is 20.5. The quantitative estimate of drug-likeness (QED) is 0.0270. The Bertz CT molecular complexity index is 2410. The van der Waals surface area contributed by atoms with E-state index in [4.69, 9.17) is 28.4 Å². The van der Waals surface area contributed by atoms with E-state index in [1.54, 1.807) is 0 Å². The number of esters is 4. The van der Waals surface area contributed by atoms with Crippen LogP contribution in [0.1, 0.15) is 294 Å². The molecule has 0 fully saturated rings. The molecule has 0 N–H and O–H groups in total. The Hall–Kier alpha value is -3.46. The van der Waals surface area contributed by atoms with Gasteiger partial charge in [-0.2, -0.15) is 0 Å². The fourth-order valence-corrected chi connectivity index (χ4v) is 16.0. The van der Waals surface area contributed by atoms with Gasteiger partial charge < -0.3 is 38.2 Å². The first-order chi connectivity index (χ1) is 44.6. The third-order valence-electron chi connectivity index (χ3n) is 20.7. The van der Waals surface area contributed by atoms with Crippen molar-refractivity contribution >= 4 is 45.5 Å². The van der Waals surface area contributed by atoms with E-state index in [-0.39, 0.29) is 60.8 Å². The average molecular weight is 1350 g/mol. The van der Waals surface area contributed by atoms with Gasteiger partial charge in [0.1, 0.15) is 34.2 Å². The summed E-state index contributed by atoms with van der Waals surface area (Å²) in [6.07, 6.45) is 29.6. The Morgan fingerprint density at radius 2 is 0.734 bits per heavy atom. The number of benzene rings is 2. The van der Waals surface area contributed by atoms with Gasteiger partial charge >= 0.3 is 23.9 Å². The number of rotatable bonds is 49. The van der Waals surface area contributed by atoms with Crippen molar-refractivity contribution in [3.63, 3.8) is 0 Å². The Labute approximate surface area is 582 Å². The lowest BCUT2D eigenvalue weighted by Crippen LogP contribution is -2.37. The molecule has 0 aliphatic carbocycles. The minimum atomic E-state index is -0.329. The number of carbonyl (C=O) groups is 4. The fourth-order valence-electron chi connectivity index (χ4n) is 13.8. The number of carbonyl (C=O) groups excluding carboxylic acids is 4. The molecule has 94 heavy (non-hydrogen) atoms. The second kappa shape index (κ2) is 43.8. The largest absolute Gasteiger partial charge is 0.487 e. The van der Waals surface area contributed by atoms with Gasteiger partial charge in [0.15, 0.2) is 0 Å². The molecule has 2 heterocycles. The lowest BCUT2D eigenvalue weighted by Gasteiger charge is -2.38. The number of hydrogen-bond acceptors (Lipinski definition) is 14. The molecule has 0 aromatic heterocycles. The molecule has 14 heteroatoms. The van der Waals surface area contributed by atoms with Crippen LogP contribution in [0.5, 0.6) is 23.0 Å². The van der Waals surface area contributed by atoms with Crippen molar-refractivity contribution in [2.45, 2.75) is 315 Å². The molecule has 0 amide bonds. The van der Waals surface area contributed by atoms with E-state index < -0.39 is 0 Å². The molecule has 538 valence electrons. The van der Waals surface area contributed by atoms with E-state index in [1.165, 1.54) is 103 Å². The summed E-state index contributed by atoms with van der Waals surface area (Å²) in [7, 11) is 7.91. The van der Waals surface area contributed by atoms with Crippen molar-refractivity contribution in [1.82, 2.24) is 9.80 Å². The summed E-state index contributed by atoms with van der Waals surface area (Å²) in [5, 5.41) is 0. The highest BCUT2D eigenvalue weighted by Gasteiger charge is 2.37. The van der Waals surface area contributed by atoms with Crippen LogP contribution in [0.4, 0.5) is 0 Å². The van der Waals surface area contributed by atoms with Crippen LogP contribution in [0.15, 0.2) is 0 Å². The van der Waals surface area contributed by atoms with Crippen LogP contribution >= 0.6 is 21.6 Å². The van der Waals surface area contributed by atoms with Crippen molar-refractivity contribution in [3.8, 4) is 23.0 Å². The Morgan fingerprint density at radius 3 is 1.07 bits per heavy atom. The van der Waals surface area contributed by atoms with Crippen molar-refractivity contribution in [2.75, 3.05) is 65.0 Å². The zero-order valence-corrected chi connectivity index (χ0v) is 64.8. The first kappa shape index (κ1) is 83.0. The molecular weight excluding hydrogens is 1210 g/mol. The summed E-state index contributed by atoms with van der Waals surface area (Å²) in [5.41, 5.74) is 7.81. The summed E-state index contributed by atoms with van der Waals surface area (Å²) in [6.45, 7) is 40.1. The van der Waals surface area contributed by atoms with Gasteiger partial charge in [0.05, 0.1) is 13.2 Å². The highest BCUT2D eigenvalue weighted by molar-refractivity contribution is 8.76. The molecule has 0 spiro atoms. The average Bonchev–Trinajstić information content (AvgIpc) is 0.770. The highest BCUT2D eigenvalue weighted by Crippen LogP contribution is 2.47. The standard InChI is InChI=1S/C80H136N2O10S2/c1-57(2)29-19-31-59(5)33-21-35-61(7)37-25-45-79(15)47-43-69-67(13)75(63(9)65(11)77(69)91-79)89-73(85)41-23-39-71(83)87-53-27-49-81(17)51-55-93-94-56-52-82(18)50-28-54-88-72(84)40-24-42-74(86)90-76-64(10)66(12)78-70(68(76)14)44-48-80(16,92-78)46-26-38-62(8)36-22-34-60(6)32-20-30-58(3)4/h57-62H,19-56H2,1-18H3. The first-order valence-electron chi connectivity index (χ1n) is 37.6. The lowest BCUT2D eigenvalue weighted by molar-refractivity contribution is -0.145. The summed E-state index contributed by atoms with van der Waals surface area (Å²) in [6, 6.07) is 0. The van der Waals surface area contributed by atoms with Gasteiger partial charge in [-0.3, -0.25) is 19.2 Å². The molecule has 6 atom stereocenters. The second-order valence-corrected chi connectivity index (χ2v) is 33.6. The summed E-state index contributed by atoms with van der Waals surface area (Å²) < 4.78 is 36.8. The van der Waals surface area contributed by atoms with Crippen molar-refractivity contribution in [3.05, 3.63) is 44.5 Å². The van der Waals surface area contributed by atoms with E-state index in [2.05, 4.69) is 107 Å². The van der Waals surface area contributed by atoms with Gasteiger partial charge in [-0.05, 0) is 215 Å². The molecule has 0 bridgehead atoms. The first-order valence-corrected chi connectivity index (χ1v) is 40.1. The second-order valence-electron chi connectivity index (χ2n) is 30.9. The zero-order valence-electron chi connectivity index (χ0n) is 63.1. The number of hydrogen-bond donors (Lipinski definition) is 0. The molecule has 0 radical (unpaired) electrons. The van der Waals surface area contributed by atoms with E-state index >= 15 is 0 Å². The van der Waals surface area contributed by atoms with Crippen LogP contribution in [0.2, 0.25) is 0 Å². The van der Waals surface area contributed by atoms with Crippen LogP contribution < -0.4 is 18.9 Å². The van der Waals surface area contributed by atoms with E-state index in [1.807, 2.05) is 49.3 Å².